The molecule has 0 aliphatic rings. The maximum absolute atomic E-state index is 15.1. The highest BCUT2D eigenvalue weighted by Gasteiger charge is 2.50. The number of carboxylic acid groups (broad SMARTS) is 1. The van der Waals surface area contributed by atoms with E-state index >= 15 is 4.79 Å². The summed E-state index contributed by atoms with van der Waals surface area (Å²) >= 11 is 1.67. The third kappa shape index (κ3) is 15.9. The topological polar surface area (TPSA) is 95.0 Å². The van der Waals surface area contributed by atoms with Crippen molar-refractivity contribution in [3.63, 3.8) is 0 Å². The number of rotatable bonds is 23. The second kappa shape index (κ2) is 21.2. The minimum absolute atomic E-state index is 0.0196. The fraction of sp³-hybridized carbons (Fsp3) is 0.809. The molecule has 0 saturated carbocycles. The van der Waals surface area contributed by atoms with Crippen molar-refractivity contribution in [2.45, 2.75) is 228 Å². The second-order valence-electron chi connectivity index (χ2n) is 22.5. The molecule has 1 heterocycles. The Morgan fingerprint density at radius 1 is 0.828 bits per heavy atom. The highest BCUT2D eigenvalue weighted by Crippen LogP contribution is 2.45. The number of Topliss-reactive ketones (excluding diaryl/α,β-unsaturated/α-hetero) is 1. The molecule has 0 radical (unpaired) electrons. The maximum atomic E-state index is 15.1. The van der Waals surface area contributed by atoms with Crippen molar-refractivity contribution in [1.82, 2.24) is 4.98 Å². The quantitative estimate of drug-likeness (QED) is 0.0864. The number of aromatic nitrogens is 1. The summed E-state index contributed by atoms with van der Waals surface area (Å²) in [5, 5.41) is 13.2. The number of carboxylic acids is 1. The molecule has 1 N–H and O–H groups in total. The van der Waals surface area contributed by atoms with E-state index in [2.05, 4.69) is 147 Å². The van der Waals surface area contributed by atoms with Gasteiger partial charge in [-0.15, -0.1) is 11.3 Å². The summed E-state index contributed by atoms with van der Waals surface area (Å²) in [6.07, 6.45) is 8.51. The Morgan fingerprint density at radius 3 is 1.78 bits per heavy atom. The Kier molecular flexibility index (Phi) is 20.1. The van der Waals surface area contributed by atoms with E-state index < -0.39 is 42.4 Å². The van der Waals surface area contributed by atoms with E-state index in [1.807, 2.05) is 20.8 Å². The van der Waals surface area contributed by atoms with Gasteiger partial charge in [0.15, 0.2) is 25.0 Å². The van der Waals surface area contributed by atoms with Crippen LogP contribution in [0.5, 0.6) is 0 Å². The Bertz CT molecular complexity index is 1540. The van der Waals surface area contributed by atoms with Crippen molar-refractivity contribution in [3.8, 4) is 0 Å². The molecule has 1 aromatic rings. The normalized spacial score (nSPS) is 17.2. The molecule has 58 heavy (non-hydrogen) atoms. The molecular weight excluding hydrogens is 791 g/mol. The monoisotopic (exact) mass is 880 g/mol. The Balaban J connectivity index is 3.50. The first kappa shape index (κ1) is 54.8. The first-order valence-electron chi connectivity index (χ1n) is 22.1. The summed E-state index contributed by atoms with van der Waals surface area (Å²) in [5.41, 5.74) is 2.53. The molecular formula is C47H89NO6SSi3. The predicted molar refractivity (Wildman–Crippen MR) is 258 cm³/mol. The van der Waals surface area contributed by atoms with Crippen molar-refractivity contribution in [2.75, 3.05) is 0 Å². The lowest BCUT2D eigenvalue weighted by molar-refractivity contribution is -0.147. The summed E-state index contributed by atoms with van der Waals surface area (Å²) in [5.74, 6) is -1.13. The van der Waals surface area contributed by atoms with Gasteiger partial charge in [-0.05, 0) is 125 Å². The zero-order chi connectivity index (χ0) is 45.5. The highest BCUT2D eigenvalue weighted by molar-refractivity contribution is 7.09. The van der Waals surface area contributed by atoms with E-state index in [9.17, 15) is 9.90 Å². The summed E-state index contributed by atoms with van der Waals surface area (Å²) < 4.78 is 21.2. The zero-order valence-corrected chi connectivity index (χ0v) is 45.2. The molecule has 0 fully saturated rings. The van der Waals surface area contributed by atoms with Crippen LogP contribution in [0.1, 0.15) is 160 Å². The van der Waals surface area contributed by atoms with Crippen LogP contribution in [0, 0.1) is 24.2 Å². The molecule has 0 bridgehead atoms. The molecule has 0 amide bonds. The van der Waals surface area contributed by atoms with Crippen molar-refractivity contribution in [2.24, 2.45) is 17.3 Å². The van der Waals surface area contributed by atoms with Gasteiger partial charge in [-0.3, -0.25) is 9.59 Å². The number of ketones is 1. The minimum Gasteiger partial charge on any atom is -0.481 e. The average molecular weight is 881 g/mol. The SMILES string of the molecule is CCC[C@@H](C(=O)C(C)(C)C(CC(=O)O)O[Si](C)(C)C(C)(C)C)[C@@H](O[Si](C)(C)C(C)(C)C)C(C)CCCC(C)=CC[C@H](O[Si](C)(C)C(C)(C)C)/C(C)=C/c1csc(C)n1. The molecule has 0 spiro atoms. The van der Waals surface area contributed by atoms with Gasteiger partial charge in [-0.2, -0.15) is 0 Å². The standard InChI is InChI=1S/C47H89NO6SSi3/c1-23-25-38(43(51)47(15,16)40(31-41(49)50)53-57(19,20)45(9,10)11)42(54-58(21,22)46(12,13)14)34(3)27-24-26-33(2)28-29-39(52-56(17,18)44(6,7)8)35(4)30-37-32-55-36(5)48-37/h28,30,32,34,38-40,42H,23-27,29,31H2,1-22H3,(H,49,50)/b33-28?,35-30+/t34?,38-,39+,40?,42+/m1/s1. The largest absolute Gasteiger partial charge is 0.481 e. The fourth-order valence-electron chi connectivity index (χ4n) is 6.55. The molecule has 1 rings (SSSR count). The van der Waals surface area contributed by atoms with Crippen LogP contribution in [-0.2, 0) is 22.9 Å². The third-order valence-corrected chi connectivity index (χ3v) is 28.1. The van der Waals surface area contributed by atoms with E-state index in [0.717, 1.165) is 42.8 Å². The Morgan fingerprint density at radius 2 is 1.33 bits per heavy atom. The molecule has 0 aromatic carbocycles. The van der Waals surface area contributed by atoms with Gasteiger partial charge in [-0.1, -0.05) is 108 Å². The number of thiazole rings is 1. The highest BCUT2D eigenvalue weighted by atomic mass is 32.1. The molecule has 2 unspecified atom stereocenters. The number of hydrogen-bond acceptors (Lipinski definition) is 7. The third-order valence-electron chi connectivity index (χ3n) is 13.8. The maximum Gasteiger partial charge on any atom is 0.305 e. The van der Waals surface area contributed by atoms with Crippen molar-refractivity contribution < 1.29 is 28.0 Å². The van der Waals surface area contributed by atoms with E-state index in [-0.39, 0.29) is 51.4 Å². The van der Waals surface area contributed by atoms with Gasteiger partial charge < -0.3 is 18.4 Å². The van der Waals surface area contributed by atoms with Crippen LogP contribution in [0.15, 0.2) is 22.6 Å². The van der Waals surface area contributed by atoms with Crippen LogP contribution < -0.4 is 0 Å². The van der Waals surface area contributed by atoms with E-state index in [4.69, 9.17) is 18.3 Å². The molecule has 7 nitrogen and oxygen atoms in total. The van der Waals surface area contributed by atoms with Gasteiger partial charge in [0.2, 0.25) is 0 Å². The van der Waals surface area contributed by atoms with Crippen molar-refractivity contribution in [3.05, 3.63) is 33.3 Å². The minimum atomic E-state index is -2.40. The number of carbonyl (C=O) groups is 2. The molecule has 336 valence electrons. The van der Waals surface area contributed by atoms with Crippen LogP contribution in [0.25, 0.3) is 6.08 Å². The Labute approximate surface area is 364 Å². The van der Waals surface area contributed by atoms with Gasteiger partial charge in [-0.25, -0.2) is 4.98 Å². The van der Waals surface area contributed by atoms with Gasteiger partial charge in [0.25, 0.3) is 0 Å². The zero-order valence-electron chi connectivity index (χ0n) is 41.4. The van der Waals surface area contributed by atoms with Gasteiger partial charge >= 0.3 is 5.97 Å². The van der Waals surface area contributed by atoms with Gasteiger partial charge in [0.1, 0.15) is 5.78 Å². The smallest absolute Gasteiger partial charge is 0.305 e. The molecule has 0 aliphatic carbocycles. The lowest BCUT2D eigenvalue weighted by Gasteiger charge is -2.47. The van der Waals surface area contributed by atoms with Crippen LogP contribution in [0.4, 0.5) is 0 Å². The molecule has 1 aromatic heterocycles. The van der Waals surface area contributed by atoms with Crippen molar-refractivity contribution in [1.29, 1.82) is 0 Å². The number of nitrogens with zero attached hydrogens (tertiary/aromatic N) is 1. The fourth-order valence-corrected chi connectivity index (χ4v) is 11.3. The van der Waals surface area contributed by atoms with Crippen molar-refractivity contribution >= 4 is 54.1 Å². The summed E-state index contributed by atoms with van der Waals surface area (Å²) in [7, 11) is -6.74. The summed E-state index contributed by atoms with van der Waals surface area (Å²) in [4.78, 5) is 32.1. The first-order valence-corrected chi connectivity index (χ1v) is 31.7. The van der Waals surface area contributed by atoms with Gasteiger partial charge in [0, 0.05) is 16.7 Å². The lowest BCUT2D eigenvalue weighted by atomic mass is 9.71. The van der Waals surface area contributed by atoms with Crippen LogP contribution in [0.3, 0.4) is 0 Å². The van der Waals surface area contributed by atoms with Crippen LogP contribution in [0.2, 0.25) is 54.4 Å². The second-order valence-corrected chi connectivity index (χ2v) is 37.8. The molecule has 5 atom stereocenters. The van der Waals surface area contributed by atoms with Crippen LogP contribution >= 0.6 is 11.3 Å². The van der Waals surface area contributed by atoms with Gasteiger partial charge in [0.05, 0.1) is 35.4 Å². The Hall–Kier alpha value is -1.22. The first-order chi connectivity index (χ1) is 26.0. The average Bonchev–Trinajstić information content (AvgIpc) is 3.45. The van der Waals surface area contributed by atoms with Crippen LogP contribution in [-0.4, -0.2) is 65.1 Å². The molecule has 11 heteroatoms. The number of aliphatic carboxylic acids is 1. The number of allylic oxidation sites excluding steroid dienone is 1. The predicted octanol–water partition coefficient (Wildman–Crippen LogP) is 14.7. The number of carbonyl (C=O) groups excluding carboxylic acids is 1. The number of hydrogen-bond donors (Lipinski definition) is 1. The number of aryl methyl sites for hydroxylation is 1. The van der Waals surface area contributed by atoms with E-state index in [0.29, 0.717) is 6.42 Å². The molecule has 0 saturated heterocycles. The van der Waals surface area contributed by atoms with E-state index in [1.165, 1.54) is 11.1 Å². The summed E-state index contributed by atoms with van der Waals surface area (Å²) in [6, 6.07) is 0. The lowest BCUT2D eigenvalue weighted by Crippen LogP contribution is -2.55. The summed E-state index contributed by atoms with van der Waals surface area (Å²) in [6.45, 7) is 48.2. The molecule has 0 aliphatic heterocycles. The van der Waals surface area contributed by atoms with E-state index in [1.54, 1.807) is 11.3 Å².